The molecule has 1 unspecified atom stereocenters. The summed E-state index contributed by atoms with van der Waals surface area (Å²) < 4.78 is 29.8. The van der Waals surface area contributed by atoms with Gasteiger partial charge in [-0.25, -0.2) is 22.9 Å². The van der Waals surface area contributed by atoms with Crippen molar-refractivity contribution in [1.29, 1.82) is 0 Å². The maximum atomic E-state index is 13.6. The van der Waals surface area contributed by atoms with E-state index in [9.17, 15) is 13.2 Å². The molecule has 0 radical (unpaired) electrons. The van der Waals surface area contributed by atoms with Crippen LogP contribution in [-0.4, -0.2) is 48.8 Å². The Morgan fingerprint density at radius 3 is 2.62 bits per heavy atom. The minimum atomic E-state index is -3.50. The lowest BCUT2D eigenvalue weighted by Gasteiger charge is -2.20. The van der Waals surface area contributed by atoms with Crippen molar-refractivity contribution in [1.82, 2.24) is 34.1 Å². The first kappa shape index (κ1) is 25.5. The number of hydrogen-bond acceptors (Lipinski definition) is 7. The highest BCUT2D eigenvalue weighted by Crippen LogP contribution is 2.38. The first-order valence-corrected chi connectivity index (χ1v) is 15.0. The minimum absolute atomic E-state index is 0.190. The Morgan fingerprint density at radius 1 is 0.976 bits per heavy atom. The molecular formula is C29H25N9O3S. The van der Waals surface area contributed by atoms with E-state index < -0.39 is 16.1 Å². The van der Waals surface area contributed by atoms with E-state index in [1.54, 1.807) is 45.7 Å². The summed E-state index contributed by atoms with van der Waals surface area (Å²) in [6, 6.07) is 17.9. The van der Waals surface area contributed by atoms with Gasteiger partial charge in [0.05, 0.1) is 29.1 Å². The van der Waals surface area contributed by atoms with Gasteiger partial charge >= 0.3 is 0 Å². The number of para-hydroxylation sites is 1. The van der Waals surface area contributed by atoms with E-state index >= 15 is 0 Å². The van der Waals surface area contributed by atoms with Gasteiger partial charge in [-0.1, -0.05) is 18.2 Å². The molecule has 5 aromatic heterocycles. The Morgan fingerprint density at radius 2 is 1.81 bits per heavy atom. The van der Waals surface area contributed by atoms with Gasteiger partial charge in [0.25, 0.3) is 5.56 Å². The van der Waals surface area contributed by atoms with Gasteiger partial charge in [-0.05, 0) is 55.0 Å². The van der Waals surface area contributed by atoms with Gasteiger partial charge in [0, 0.05) is 35.1 Å². The number of fused-ring (bicyclic) bond motifs is 3. The quantitative estimate of drug-likeness (QED) is 0.217. The third-order valence-electron chi connectivity index (χ3n) is 7.08. The number of aromatic amines is 2. The molecular weight excluding hydrogens is 554 g/mol. The number of benzene rings is 2. The van der Waals surface area contributed by atoms with Crippen molar-refractivity contribution in [3.05, 3.63) is 102 Å². The number of anilines is 2. The first-order chi connectivity index (χ1) is 20.3. The van der Waals surface area contributed by atoms with Crippen LogP contribution in [0.15, 0.2) is 90.4 Å². The van der Waals surface area contributed by atoms with E-state index in [4.69, 9.17) is 5.10 Å². The van der Waals surface area contributed by atoms with Crippen molar-refractivity contribution in [2.24, 2.45) is 0 Å². The van der Waals surface area contributed by atoms with Crippen LogP contribution in [0.1, 0.15) is 18.8 Å². The number of hydrogen-bond donors (Lipinski definition) is 4. The molecule has 7 aromatic rings. The maximum absolute atomic E-state index is 13.6. The van der Waals surface area contributed by atoms with Crippen molar-refractivity contribution in [3.63, 3.8) is 0 Å². The molecule has 0 spiro atoms. The lowest BCUT2D eigenvalue weighted by Crippen LogP contribution is -2.29. The third kappa shape index (κ3) is 4.36. The normalized spacial score (nSPS) is 12.7. The number of sulfonamides is 1. The predicted octanol–water partition coefficient (Wildman–Crippen LogP) is 4.45. The zero-order valence-corrected chi connectivity index (χ0v) is 23.3. The molecule has 1 atom stereocenters. The van der Waals surface area contributed by atoms with Crippen LogP contribution in [0, 0.1) is 0 Å². The standard InChI is InChI=1S/C29H25N9O3S/c1-17(28-35-37-12-6-9-24(37)29(39)38(28)19-7-4-3-5-8-19)34-27-25-22(15-31-26(25)32-16-33-27)21-13-18(36-42(2,40)41)14-23-20(21)10-11-30-23/h3-17,30,36H,1-2H3,(H2,31,32,33,34). The Kier molecular flexibility index (Phi) is 5.83. The Balaban J connectivity index is 1.38. The van der Waals surface area contributed by atoms with E-state index in [1.807, 2.05) is 49.5 Å². The number of aromatic nitrogens is 7. The van der Waals surface area contributed by atoms with E-state index in [0.717, 1.165) is 28.3 Å². The largest absolute Gasteiger partial charge is 0.361 e. The van der Waals surface area contributed by atoms with Gasteiger partial charge in [0.2, 0.25) is 10.0 Å². The second-order valence-corrected chi connectivity index (χ2v) is 11.8. The fraction of sp³-hybridized carbons (Fsp3) is 0.103. The van der Waals surface area contributed by atoms with Crippen LogP contribution in [0.5, 0.6) is 0 Å². The maximum Gasteiger partial charge on any atom is 0.282 e. The van der Waals surface area contributed by atoms with Crippen LogP contribution in [0.4, 0.5) is 11.5 Å². The van der Waals surface area contributed by atoms with E-state index in [-0.39, 0.29) is 5.56 Å². The summed E-state index contributed by atoms with van der Waals surface area (Å²) in [5.41, 5.74) is 4.31. The molecule has 0 aliphatic carbocycles. The lowest BCUT2D eigenvalue weighted by molar-refractivity contribution is 0.607. The van der Waals surface area contributed by atoms with Crippen LogP contribution in [0.25, 0.3) is 44.3 Å². The summed E-state index contributed by atoms with van der Waals surface area (Å²) in [4.78, 5) is 29.0. The van der Waals surface area contributed by atoms with Gasteiger partial charge in [-0.2, -0.15) is 5.10 Å². The molecule has 0 fully saturated rings. The van der Waals surface area contributed by atoms with Gasteiger partial charge in [-0.15, -0.1) is 0 Å². The molecule has 12 nitrogen and oxygen atoms in total. The third-order valence-corrected chi connectivity index (χ3v) is 7.68. The lowest BCUT2D eigenvalue weighted by atomic mass is 10.0. The average molecular weight is 580 g/mol. The van der Waals surface area contributed by atoms with Crippen molar-refractivity contribution in [2.45, 2.75) is 13.0 Å². The van der Waals surface area contributed by atoms with Crippen LogP contribution < -0.4 is 15.6 Å². The molecule has 4 N–H and O–H groups in total. The van der Waals surface area contributed by atoms with Gasteiger partial charge < -0.3 is 15.3 Å². The fourth-order valence-electron chi connectivity index (χ4n) is 5.33. The number of rotatable bonds is 7. The van der Waals surface area contributed by atoms with E-state index in [1.165, 1.54) is 6.33 Å². The first-order valence-electron chi connectivity index (χ1n) is 13.1. The molecule has 0 amide bonds. The molecule has 0 saturated carbocycles. The van der Waals surface area contributed by atoms with Crippen LogP contribution in [0.2, 0.25) is 0 Å². The highest BCUT2D eigenvalue weighted by molar-refractivity contribution is 7.92. The van der Waals surface area contributed by atoms with Crippen LogP contribution >= 0.6 is 0 Å². The van der Waals surface area contributed by atoms with Crippen molar-refractivity contribution >= 4 is 49.0 Å². The average Bonchev–Trinajstić information content (AvgIpc) is 3.72. The molecule has 0 bridgehead atoms. The molecule has 13 heteroatoms. The molecule has 5 heterocycles. The monoisotopic (exact) mass is 579 g/mol. The second kappa shape index (κ2) is 9.59. The molecule has 0 saturated heterocycles. The summed E-state index contributed by atoms with van der Waals surface area (Å²) in [5, 5.41) is 9.86. The molecule has 42 heavy (non-hydrogen) atoms. The highest BCUT2D eigenvalue weighted by Gasteiger charge is 2.22. The summed E-state index contributed by atoms with van der Waals surface area (Å²) in [6.45, 7) is 1.91. The Labute approximate surface area is 239 Å². The zero-order chi connectivity index (χ0) is 29.0. The smallest absolute Gasteiger partial charge is 0.282 e. The van der Waals surface area contributed by atoms with Crippen LogP contribution in [-0.2, 0) is 10.0 Å². The van der Waals surface area contributed by atoms with Crippen molar-refractivity contribution in [3.8, 4) is 16.8 Å². The van der Waals surface area contributed by atoms with E-state index in [0.29, 0.717) is 39.6 Å². The Hall–Kier alpha value is -5.43. The fourth-order valence-corrected chi connectivity index (χ4v) is 5.87. The van der Waals surface area contributed by atoms with E-state index in [2.05, 4.69) is 30.0 Å². The summed E-state index contributed by atoms with van der Waals surface area (Å²) >= 11 is 0. The molecule has 0 aliphatic rings. The predicted molar refractivity (Wildman–Crippen MR) is 162 cm³/mol. The molecule has 2 aromatic carbocycles. The summed E-state index contributed by atoms with van der Waals surface area (Å²) in [5.74, 6) is 1.02. The van der Waals surface area contributed by atoms with Crippen LogP contribution in [0.3, 0.4) is 0 Å². The summed E-state index contributed by atoms with van der Waals surface area (Å²) in [6.07, 6.45) is 7.94. The van der Waals surface area contributed by atoms with Crippen molar-refractivity contribution < 1.29 is 8.42 Å². The highest BCUT2D eigenvalue weighted by atomic mass is 32.2. The van der Waals surface area contributed by atoms with Gasteiger partial charge in [0.1, 0.15) is 23.3 Å². The number of nitrogens with one attached hydrogen (secondary N) is 4. The molecule has 7 rings (SSSR count). The number of H-pyrrole nitrogens is 2. The molecule has 0 aliphatic heterocycles. The van der Waals surface area contributed by atoms with Gasteiger partial charge in [0.15, 0.2) is 5.82 Å². The topological polar surface area (TPSA) is 155 Å². The van der Waals surface area contributed by atoms with Gasteiger partial charge in [-0.3, -0.25) is 14.1 Å². The van der Waals surface area contributed by atoms with Crippen molar-refractivity contribution in [2.75, 3.05) is 16.3 Å². The minimum Gasteiger partial charge on any atom is -0.361 e. The zero-order valence-electron chi connectivity index (χ0n) is 22.5. The Bertz CT molecular complexity index is 2280. The second-order valence-electron chi connectivity index (χ2n) is 10.0. The SMILES string of the molecule is CC(Nc1ncnc2[nH]cc(-c3cc(NS(C)(=O)=O)cc4[nH]ccc34)c12)c1nn2cccc2c(=O)n1-c1ccccc1. The number of nitrogens with zero attached hydrogens (tertiary/aromatic N) is 5. The molecule has 210 valence electrons. The summed E-state index contributed by atoms with van der Waals surface area (Å²) in [7, 11) is -3.50.